The van der Waals surface area contributed by atoms with Gasteiger partial charge in [-0.1, -0.05) is 13.8 Å². The first kappa shape index (κ1) is 15.7. The van der Waals surface area contributed by atoms with E-state index in [4.69, 9.17) is 0 Å². The Bertz CT molecular complexity index is 488. The SMILES string of the molecule is CCN(CC)CCNCCn1ccn(C)c(=O)c1=O. The van der Waals surface area contributed by atoms with E-state index in [1.807, 2.05) is 0 Å². The average molecular weight is 268 g/mol. The molecule has 1 rings (SSSR count). The average Bonchev–Trinajstić information content (AvgIpc) is 2.42. The highest BCUT2D eigenvalue weighted by molar-refractivity contribution is 4.84. The second-order valence-corrected chi connectivity index (χ2v) is 4.49. The van der Waals surface area contributed by atoms with Gasteiger partial charge in [-0.3, -0.25) is 9.59 Å². The molecule has 6 nitrogen and oxygen atoms in total. The lowest BCUT2D eigenvalue weighted by molar-refractivity contribution is 0.301. The number of nitrogens with one attached hydrogen (secondary N) is 1. The Morgan fingerprint density at radius 1 is 1.11 bits per heavy atom. The van der Waals surface area contributed by atoms with Crippen LogP contribution in [0.4, 0.5) is 0 Å². The summed E-state index contributed by atoms with van der Waals surface area (Å²) in [6.45, 7) is 9.48. The number of hydrogen-bond donors (Lipinski definition) is 1. The number of aromatic nitrogens is 2. The van der Waals surface area contributed by atoms with E-state index in [2.05, 4.69) is 24.1 Å². The zero-order chi connectivity index (χ0) is 14.3. The van der Waals surface area contributed by atoms with E-state index in [9.17, 15) is 9.59 Å². The van der Waals surface area contributed by atoms with E-state index in [1.54, 1.807) is 19.4 Å². The fourth-order valence-electron chi connectivity index (χ4n) is 1.87. The Hall–Kier alpha value is -1.40. The molecule has 0 amide bonds. The summed E-state index contributed by atoms with van der Waals surface area (Å²) in [5.74, 6) is 0. The van der Waals surface area contributed by atoms with E-state index in [0.717, 1.165) is 26.2 Å². The molecule has 0 bridgehead atoms. The van der Waals surface area contributed by atoms with Crippen molar-refractivity contribution in [1.29, 1.82) is 0 Å². The fourth-order valence-corrected chi connectivity index (χ4v) is 1.87. The van der Waals surface area contributed by atoms with Crippen molar-refractivity contribution in [2.45, 2.75) is 20.4 Å². The van der Waals surface area contributed by atoms with Gasteiger partial charge in [0.1, 0.15) is 0 Å². The van der Waals surface area contributed by atoms with Crippen LogP contribution in [0.5, 0.6) is 0 Å². The molecule has 0 radical (unpaired) electrons. The van der Waals surface area contributed by atoms with Crippen LogP contribution < -0.4 is 16.4 Å². The highest BCUT2D eigenvalue weighted by Crippen LogP contribution is 1.84. The van der Waals surface area contributed by atoms with Crippen LogP contribution in [0.1, 0.15) is 13.8 Å². The van der Waals surface area contributed by atoms with Crippen molar-refractivity contribution in [3.05, 3.63) is 33.1 Å². The molecule has 0 spiro atoms. The van der Waals surface area contributed by atoms with Gasteiger partial charge < -0.3 is 19.4 Å². The maximum Gasteiger partial charge on any atom is 0.316 e. The van der Waals surface area contributed by atoms with Crippen molar-refractivity contribution in [3.8, 4) is 0 Å². The fraction of sp³-hybridized carbons (Fsp3) is 0.692. The van der Waals surface area contributed by atoms with E-state index >= 15 is 0 Å². The molecule has 108 valence electrons. The van der Waals surface area contributed by atoms with E-state index < -0.39 is 11.1 Å². The first-order chi connectivity index (χ1) is 9.10. The Morgan fingerprint density at radius 2 is 1.79 bits per heavy atom. The smallest absolute Gasteiger partial charge is 0.314 e. The Labute approximate surface area is 113 Å². The van der Waals surface area contributed by atoms with E-state index in [1.165, 1.54) is 9.13 Å². The molecule has 1 N–H and O–H groups in total. The topological polar surface area (TPSA) is 59.3 Å². The molecule has 6 heteroatoms. The lowest BCUT2D eigenvalue weighted by atomic mass is 10.4. The van der Waals surface area contributed by atoms with Crippen molar-refractivity contribution in [1.82, 2.24) is 19.4 Å². The van der Waals surface area contributed by atoms with Crippen molar-refractivity contribution in [2.24, 2.45) is 7.05 Å². The summed E-state index contributed by atoms with van der Waals surface area (Å²) in [5.41, 5.74) is -0.943. The maximum absolute atomic E-state index is 11.6. The Balaban J connectivity index is 2.36. The van der Waals surface area contributed by atoms with E-state index in [0.29, 0.717) is 13.1 Å². The third kappa shape index (κ3) is 4.65. The lowest BCUT2D eigenvalue weighted by Crippen LogP contribution is -2.41. The van der Waals surface area contributed by atoms with Crippen LogP contribution in [-0.2, 0) is 13.6 Å². The van der Waals surface area contributed by atoms with Crippen molar-refractivity contribution in [3.63, 3.8) is 0 Å². The highest BCUT2D eigenvalue weighted by Gasteiger charge is 2.02. The summed E-state index contributed by atoms with van der Waals surface area (Å²) >= 11 is 0. The molecule has 0 aliphatic rings. The summed E-state index contributed by atoms with van der Waals surface area (Å²) in [7, 11) is 1.58. The number of nitrogens with zero attached hydrogens (tertiary/aromatic N) is 3. The first-order valence-electron chi connectivity index (χ1n) is 6.79. The van der Waals surface area contributed by atoms with Crippen LogP contribution in [0.3, 0.4) is 0 Å². The van der Waals surface area contributed by atoms with Crippen LogP contribution in [0.25, 0.3) is 0 Å². The van der Waals surface area contributed by atoms with Crippen molar-refractivity contribution in [2.75, 3.05) is 32.7 Å². The molecule has 0 aromatic carbocycles. The lowest BCUT2D eigenvalue weighted by Gasteiger charge is -2.18. The number of hydrogen-bond acceptors (Lipinski definition) is 4. The molecule has 0 aliphatic heterocycles. The zero-order valence-electron chi connectivity index (χ0n) is 12.1. The minimum Gasteiger partial charge on any atom is -0.314 e. The van der Waals surface area contributed by atoms with Gasteiger partial charge in [-0.25, -0.2) is 0 Å². The van der Waals surface area contributed by atoms with Crippen LogP contribution >= 0.6 is 0 Å². The minimum atomic E-state index is -0.481. The molecular weight excluding hydrogens is 244 g/mol. The van der Waals surface area contributed by atoms with Gasteiger partial charge in [0, 0.05) is 45.6 Å². The third-order valence-electron chi connectivity index (χ3n) is 3.26. The summed E-state index contributed by atoms with van der Waals surface area (Å²) in [6, 6.07) is 0. The van der Waals surface area contributed by atoms with Gasteiger partial charge in [-0.05, 0) is 13.1 Å². The monoisotopic (exact) mass is 268 g/mol. The van der Waals surface area contributed by atoms with E-state index in [-0.39, 0.29) is 0 Å². The van der Waals surface area contributed by atoms with Crippen LogP contribution in [0.2, 0.25) is 0 Å². The van der Waals surface area contributed by atoms with Gasteiger partial charge in [0.15, 0.2) is 0 Å². The van der Waals surface area contributed by atoms with Gasteiger partial charge in [0.05, 0.1) is 0 Å². The standard InChI is InChI=1S/C13H24N4O2/c1-4-16(5-2)8-6-14-7-9-17-11-10-15(3)12(18)13(17)19/h10-11,14H,4-9H2,1-3H3. The molecule has 0 unspecified atom stereocenters. The molecule has 19 heavy (non-hydrogen) atoms. The van der Waals surface area contributed by atoms with Gasteiger partial charge in [0.25, 0.3) is 0 Å². The summed E-state index contributed by atoms with van der Waals surface area (Å²) < 4.78 is 2.75. The molecule has 1 aromatic heterocycles. The summed E-state index contributed by atoms with van der Waals surface area (Å²) in [5, 5.41) is 3.28. The molecular formula is C13H24N4O2. The van der Waals surface area contributed by atoms with Crippen molar-refractivity contribution < 1.29 is 0 Å². The molecule has 0 saturated heterocycles. The first-order valence-corrected chi connectivity index (χ1v) is 6.79. The predicted molar refractivity (Wildman–Crippen MR) is 76.6 cm³/mol. The summed E-state index contributed by atoms with van der Waals surface area (Å²) in [6.07, 6.45) is 3.26. The molecule has 1 heterocycles. The highest BCUT2D eigenvalue weighted by atomic mass is 16.2. The second kappa shape index (κ2) is 7.91. The minimum absolute atomic E-state index is 0.462. The van der Waals surface area contributed by atoms with Gasteiger partial charge in [-0.15, -0.1) is 0 Å². The largest absolute Gasteiger partial charge is 0.316 e. The normalized spacial score (nSPS) is 11.2. The molecule has 0 saturated carbocycles. The number of likely N-dealkylation sites (N-methyl/N-ethyl adjacent to an activating group) is 1. The second-order valence-electron chi connectivity index (χ2n) is 4.49. The van der Waals surface area contributed by atoms with Gasteiger partial charge in [-0.2, -0.15) is 0 Å². The molecule has 0 fully saturated rings. The third-order valence-corrected chi connectivity index (χ3v) is 3.26. The van der Waals surface area contributed by atoms with Gasteiger partial charge in [0.2, 0.25) is 0 Å². The predicted octanol–water partition coefficient (Wildman–Crippen LogP) is -0.522. The zero-order valence-corrected chi connectivity index (χ0v) is 12.1. The Kier molecular flexibility index (Phi) is 6.52. The Morgan fingerprint density at radius 3 is 2.42 bits per heavy atom. The quantitative estimate of drug-likeness (QED) is 0.509. The maximum atomic E-state index is 11.6. The molecule has 0 aliphatic carbocycles. The number of aryl methyl sites for hydroxylation is 1. The molecule has 1 aromatic rings. The van der Waals surface area contributed by atoms with Crippen molar-refractivity contribution >= 4 is 0 Å². The molecule has 0 atom stereocenters. The van der Waals surface area contributed by atoms with Crippen LogP contribution in [0.15, 0.2) is 22.0 Å². The number of rotatable bonds is 8. The van der Waals surface area contributed by atoms with Crippen LogP contribution in [-0.4, -0.2) is 46.8 Å². The summed E-state index contributed by atoms with van der Waals surface area (Å²) in [4.78, 5) is 25.4. The van der Waals surface area contributed by atoms with Gasteiger partial charge >= 0.3 is 11.1 Å². The van der Waals surface area contributed by atoms with Crippen LogP contribution in [0, 0.1) is 0 Å².